The Hall–Kier alpha value is -1.59. The number of halogens is 1. The number of carbonyl (C=O) groups is 1. The number of amides is 1. The van der Waals surface area contributed by atoms with Crippen LogP contribution >= 0.6 is 11.6 Å². The maximum Gasteiger partial charge on any atom is 0.251 e. The molecule has 96 valence electrons. The van der Waals surface area contributed by atoms with E-state index in [2.05, 4.69) is 10.3 Å². The lowest BCUT2D eigenvalue weighted by Gasteiger charge is -2.04. The molecule has 0 spiro atoms. The highest BCUT2D eigenvalue weighted by molar-refractivity contribution is 6.29. The molecule has 0 atom stereocenters. The average molecular weight is 268 g/mol. The first-order valence-electron chi connectivity index (χ1n) is 5.64. The summed E-state index contributed by atoms with van der Waals surface area (Å²) in [7, 11) is 1.80. The predicted octanol–water partition coefficient (Wildman–Crippen LogP) is 1.34. The van der Waals surface area contributed by atoms with Crippen molar-refractivity contribution in [3.05, 3.63) is 29.0 Å². The molecule has 2 aromatic rings. The van der Waals surface area contributed by atoms with Crippen LogP contribution in [0, 0.1) is 0 Å². The van der Waals surface area contributed by atoms with Crippen molar-refractivity contribution in [2.75, 3.05) is 13.2 Å². The molecule has 0 bridgehead atoms. The lowest BCUT2D eigenvalue weighted by atomic mass is 10.2. The van der Waals surface area contributed by atoms with Crippen molar-refractivity contribution in [3.63, 3.8) is 0 Å². The zero-order valence-corrected chi connectivity index (χ0v) is 10.7. The molecule has 18 heavy (non-hydrogen) atoms. The smallest absolute Gasteiger partial charge is 0.251 e. The van der Waals surface area contributed by atoms with Crippen LogP contribution in [0.15, 0.2) is 18.2 Å². The van der Waals surface area contributed by atoms with Gasteiger partial charge in [-0.25, -0.2) is 4.98 Å². The second-order valence-corrected chi connectivity index (χ2v) is 4.31. The summed E-state index contributed by atoms with van der Waals surface area (Å²) in [6.45, 7) is 0.524. The Morgan fingerprint density at radius 3 is 3.06 bits per heavy atom. The van der Waals surface area contributed by atoms with Gasteiger partial charge in [-0.05, 0) is 36.2 Å². The largest absolute Gasteiger partial charge is 0.396 e. The van der Waals surface area contributed by atoms with Crippen molar-refractivity contribution in [1.82, 2.24) is 14.9 Å². The number of fused-ring (bicyclic) bond motifs is 1. The molecule has 0 aliphatic rings. The summed E-state index contributed by atoms with van der Waals surface area (Å²) in [6, 6.07) is 5.23. The molecule has 5 nitrogen and oxygen atoms in total. The zero-order valence-electron chi connectivity index (χ0n) is 9.98. The lowest BCUT2D eigenvalue weighted by Crippen LogP contribution is -2.24. The van der Waals surface area contributed by atoms with Crippen LogP contribution in [0.2, 0.25) is 5.28 Å². The number of nitrogens with zero attached hydrogens (tertiary/aromatic N) is 2. The monoisotopic (exact) mass is 267 g/mol. The fourth-order valence-electron chi connectivity index (χ4n) is 1.68. The Kier molecular flexibility index (Phi) is 3.84. The minimum absolute atomic E-state index is 0.0661. The van der Waals surface area contributed by atoms with Gasteiger partial charge in [0.1, 0.15) is 0 Å². The summed E-state index contributed by atoms with van der Waals surface area (Å²) >= 11 is 5.91. The number of benzene rings is 1. The summed E-state index contributed by atoms with van der Waals surface area (Å²) in [6.07, 6.45) is 0.547. The summed E-state index contributed by atoms with van der Waals surface area (Å²) in [5.41, 5.74) is 2.13. The van der Waals surface area contributed by atoms with Crippen LogP contribution in [-0.2, 0) is 7.05 Å². The van der Waals surface area contributed by atoms with Crippen molar-refractivity contribution >= 4 is 28.5 Å². The van der Waals surface area contributed by atoms with Gasteiger partial charge in [-0.3, -0.25) is 4.79 Å². The van der Waals surface area contributed by atoms with E-state index in [0.717, 1.165) is 11.0 Å². The van der Waals surface area contributed by atoms with Crippen molar-refractivity contribution in [1.29, 1.82) is 0 Å². The van der Waals surface area contributed by atoms with Gasteiger partial charge in [-0.2, -0.15) is 0 Å². The molecule has 2 rings (SSSR count). The summed E-state index contributed by atoms with van der Waals surface area (Å²) in [4.78, 5) is 16.0. The highest BCUT2D eigenvalue weighted by Crippen LogP contribution is 2.19. The van der Waals surface area contributed by atoms with Gasteiger partial charge in [0.05, 0.1) is 11.0 Å². The van der Waals surface area contributed by atoms with Crippen LogP contribution < -0.4 is 5.32 Å². The van der Waals surface area contributed by atoms with Gasteiger partial charge in [-0.15, -0.1) is 0 Å². The van der Waals surface area contributed by atoms with E-state index in [9.17, 15) is 4.79 Å². The first-order chi connectivity index (χ1) is 8.63. The van der Waals surface area contributed by atoms with Crippen LogP contribution in [0.1, 0.15) is 16.8 Å². The van der Waals surface area contributed by atoms with E-state index in [1.807, 2.05) is 0 Å². The van der Waals surface area contributed by atoms with Crippen LogP contribution in [0.4, 0.5) is 0 Å². The highest BCUT2D eigenvalue weighted by atomic mass is 35.5. The van der Waals surface area contributed by atoms with E-state index in [-0.39, 0.29) is 12.5 Å². The van der Waals surface area contributed by atoms with Gasteiger partial charge >= 0.3 is 0 Å². The number of rotatable bonds is 4. The van der Waals surface area contributed by atoms with Crippen LogP contribution in [0.25, 0.3) is 11.0 Å². The number of aliphatic hydroxyl groups is 1. The third-order valence-corrected chi connectivity index (χ3v) is 3.05. The molecule has 6 heteroatoms. The van der Waals surface area contributed by atoms with E-state index in [4.69, 9.17) is 16.7 Å². The molecule has 0 unspecified atom stereocenters. The molecule has 1 aromatic carbocycles. The molecule has 0 saturated carbocycles. The van der Waals surface area contributed by atoms with Crippen LogP contribution in [0.5, 0.6) is 0 Å². The van der Waals surface area contributed by atoms with Gasteiger partial charge < -0.3 is 15.0 Å². The third-order valence-electron chi connectivity index (χ3n) is 2.71. The number of aromatic nitrogens is 2. The average Bonchev–Trinajstić information content (AvgIpc) is 2.65. The number of carbonyl (C=O) groups excluding carboxylic acids is 1. The number of hydrogen-bond donors (Lipinski definition) is 2. The standard InChI is InChI=1S/C12H14ClN3O2/c1-16-10-7-8(11(18)14-5-2-6-17)3-4-9(10)15-12(16)13/h3-4,7,17H,2,5-6H2,1H3,(H,14,18). The van der Waals surface area contributed by atoms with E-state index >= 15 is 0 Å². The predicted molar refractivity (Wildman–Crippen MR) is 69.8 cm³/mol. The van der Waals surface area contributed by atoms with Gasteiger partial charge in [0.2, 0.25) is 5.28 Å². The molecule has 1 heterocycles. The van der Waals surface area contributed by atoms with Gasteiger partial charge in [0.25, 0.3) is 5.91 Å². The SMILES string of the molecule is Cn1c(Cl)nc2ccc(C(=O)NCCCO)cc21. The van der Waals surface area contributed by atoms with Crippen molar-refractivity contribution in [3.8, 4) is 0 Å². The van der Waals surface area contributed by atoms with Gasteiger partial charge in [0, 0.05) is 25.8 Å². The molecule has 2 N–H and O–H groups in total. The van der Waals surface area contributed by atoms with E-state index in [1.165, 1.54) is 0 Å². The number of hydrogen-bond acceptors (Lipinski definition) is 3. The topological polar surface area (TPSA) is 67.2 Å². The Morgan fingerprint density at radius 1 is 1.56 bits per heavy atom. The number of aryl methyl sites for hydroxylation is 1. The molecule has 1 aromatic heterocycles. The maximum absolute atomic E-state index is 11.8. The fourth-order valence-corrected chi connectivity index (χ4v) is 1.87. The zero-order chi connectivity index (χ0) is 13.1. The Labute approximate surface area is 109 Å². The lowest BCUT2D eigenvalue weighted by molar-refractivity contribution is 0.0951. The molecule has 1 amide bonds. The quantitative estimate of drug-likeness (QED) is 0.822. The highest BCUT2D eigenvalue weighted by Gasteiger charge is 2.10. The minimum Gasteiger partial charge on any atom is -0.396 e. The maximum atomic E-state index is 11.8. The van der Waals surface area contributed by atoms with E-state index in [0.29, 0.717) is 23.8 Å². The molecule has 0 aliphatic heterocycles. The molecule has 0 saturated heterocycles. The number of imidazole rings is 1. The first kappa shape index (κ1) is 12.9. The van der Waals surface area contributed by atoms with Gasteiger partial charge in [0.15, 0.2) is 0 Å². The first-order valence-corrected chi connectivity index (χ1v) is 6.02. The molecule has 0 radical (unpaired) electrons. The van der Waals surface area contributed by atoms with Crippen molar-refractivity contribution in [2.45, 2.75) is 6.42 Å². The van der Waals surface area contributed by atoms with E-state index in [1.54, 1.807) is 29.8 Å². The minimum atomic E-state index is -0.164. The Morgan fingerprint density at radius 2 is 2.33 bits per heavy atom. The van der Waals surface area contributed by atoms with Crippen LogP contribution in [-0.4, -0.2) is 33.7 Å². The molecule has 0 aliphatic carbocycles. The number of nitrogens with one attached hydrogen (secondary N) is 1. The molecule has 0 fully saturated rings. The normalized spacial score (nSPS) is 10.8. The van der Waals surface area contributed by atoms with Crippen molar-refractivity contribution in [2.24, 2.45) is 7.05 Å². The molecular weight excluding hydrogens is 254 g/mol. The van der Waals surface area contributed by atoms with Crippen molar-refractivity contribution < 1.29 is 9.90 Å². The summed E-state index contributed by atoms with van der Waals surface area (Å²) in [5.74, 6) is -0.164. The summed E-state index contributed by atoms with van der Waals surface area (Å²) in [5, 5.41) is 11.8. The Bertz CT molecular complexity index is 580. The second-order valence-electron chi connectivity index (χ2n) is 3.98. The van der Waals surface area contributed by atoms with E-state index < -0.39 is 0 Å². The third kappa shape index (κ3) is 2.47. The fraction of sp³-hybridized carbons (Fsp3) is 0.333. The molecular formula is C12H14ClN3O2. The van der Waals surface area contributed by atoms with Gasteiger partial charge in [-0.1, -0.05) is 0 Å². The summed E-state index contributed by atoms with van der Waals surface area (Å²) < 4.78 is 1.72. The second kappa shape index (κ2) is 5.37. The van der Waals surface area contributed by atoms with Crippen LogP contribution in [0.3, 0.4) is 0 Å². The Balaban J connectivity index is 2.24. The number of aliphatic hydroxyl groups excluding tert-OH is 1.